The van der Waals surface area contributed by atoms with E-state index in [0.29, 0.717) is 28.3 Å². The third-order valence-electron chi connectivity index (χ3n) is 5.21. The van der Waals surface area contributed by atoms with Crippen molar-refractivity contribution < 1.29 is 9.18 Å². The van der Waals surface area contributed by atoms with Gasteiger partial charge < -0.3 is 9.88 Å². The quantitative estimate of drug-likeness (QED) is 0.532. The van der Waals surface area contributed by atoms with Gasteiger partial charge in [-0.1, -0.05) is 0 Å². The van der Waals surface area contributed by atoms with Crippen molar-refractivity contribution >= 4 is 11.6 Å². The maximum Gasteiger partial charge on any atom is 0.278 e. The Morgan fingerprint density at radius 2 is 1.87 bits per heavy atom. The predicted molar refractivity (Wildman–Crippen MR) is 107 cm³/mol. The van der Waals surface area contributed by atoms with Gasteiger partial charge in [0.05, 0.1) is 30.0 Å². The first-order valence-electron chi connectivity index (χ1n) is 9.29. The standard InChI is InChI=1S/C21H16FN5O3/c1-11-2-7-14(19(28)23-11)20(29)26-9-15-17(10-26)24-18-8-16(25-27(18)21(15)30)12-3-5-13(22)6-4-12/h2-8,25H,9-10H2,1H3,(H,23,28). The molecule has 9 heteroatoms. The first-order chi connectivity index (χ1) is 14.4. The van der Waals surface area contributed by atoms with Crippen LogP contribution in [0.25, 0.3) is 16.9 Å². The number of nitrogens with zero attached hydrogens (tertiary/aromatic N) is 3. The normalized spacial score (nSPS) is 13.1. The summed E-state index contributed by atoms with van der Waals surface area (Å²) < 4.78 is 14.5. The lowest BCUT2D eigenvalue weighted by atomic mass is 10.1. The molecule has 2 N–H and O–H groups in total. The molecule has 4 heterocycles. The maximum atomic E-state index is 13.2. The second-order valence-electron chi connectivity index (χ2n) is 7.26. The highest BCUT2D eigenvalue weighted by molar-refractivity contribution is 5.94. The highest BCUT2D eigenvalue weighted by Crippen LogP contribution is 2.23. The summed E-state index contributed by atoms with van der Waals surface area (Å²) in [7, 11) is 0. The maximum absolute atomic E-state index is 13.2. The molecule has 1 aliphatic rings. The Kier molecular flexibility index (Phi) is 3.92. The van der Waals surface area contributed by atoms with Gasteiger partial charge in [-0.25, -0.2) is 13.9 Å². The largest absolute Gasteiger partial charge is 0.328 e. The lowest BCUT2D eigenvalue weighted by Crippen LogP contribution is -2.31. The van der Waals surface area contributed by atoms with Gasteiger partial charge >= 0.3 is 0 Å². The van der Waals surface area contributed by atoms with Crippen molar-refractivity contribution in [2.24, 2.45) is 0 Å². The number of aromatic nitrogens is 4. The van der Waals surface area contributed by atoms with Crippen molar-refractivity contribution in [2.75, 3.05) is 0 Å². The molecule has 0 fully saturated rings. The van der Waals surface area contributed by atoms with Gasteiger partial charge in [-0.15, -0.1) is 0 Å². The Morgan fingerprint density at radius 3 is 2.60 bits per heavy atom. The van der Waals surface area contributed by atoms with E-state index in [1.165, 1.54) is 27.6 Å². The number of hydrogen-bond acceptors (Lipinski definition) is 4. The summed E-state index contributed by atoms with van der Waals surface area (Å²) in [6.07, 6.45) is 0. The number of amides is 1. The van der Waals surface area contributed by atoms with E-state index in [9.17, 15) is 18.8 Å². The topological polar surface area (TPSA) is 103 Å². The van der Waals surface area contributed by atoms with Crippen LogP contribution in [0.5, 0.6) is 0 Å². The molecule has 0 bridgehead atoms. The van der Waals surface area contributed by atoms with Crippen molar-refractivity contribution in [1.82, 2.24) is 24.5 Å². The van der Waals surface area contributed by atoms with Gasteiger partial charge in [-0.05, 0) is 48.9 Å². The first kappa shape index (κ1) is 18.0. The smallest absolute Gasteiger partial charge is 0.278 e. The predicted octanol–water partition coefficient (Wildman–Crippen LogP) is 1.98. The number of fused-ring (bicyclic) bond motifs is 2. The number of carbonyl (C=O) groups is 1. The summed E-state index contributed by atoms with van der Waals surface area (Å²) in [6, 6.07) is 10.7. The summed E-state index contributed by atoms with van der Waals surface area (Å²) in [5, 5.41) is 2.98. The molecule has 1 amide bonds. The van der Waals surface area contributed by atoms with Gasteiger partial charge in [0, 0.05) is 11.8 Å². The number of aryl methyl sites for hydroxylation is 1. The monoisotopic (exact) mass is 405 g/mol. The summed E-state index contributed by atoms with van der Waals surface area (Å²) in [5.41, 5.74) is 2.57. The molecule has 4 aromatic rings. The Balaban J connectivity index is 1.50. The average molecular weight is 405 g/mol. The summed E-state index contributed by atoms with van der Waals surface area (Å²) >= 11 is 0. The van der Waals surface area contributed by atoms with E-state index in [1.807, 2.05) is 0 Å². The van der Waals surface area contributed by atoms with Crippen LogP contribution in [0.1, 0.15) is 27.3 Å². The van der Waals surface area contributed by atoms with Crippen molar-refractivity contribution in [3.05, 3.63) is 91.5 Å². The van der Waals surface area contributed by atoms with Crippen molar-refractivity contribution in [3.8, 4) is 11.3 Å². The molecule has 1 aromatic carbocycles. The first-order valence-corrected chi connectivity index (χ1v) is 9.29. The van der Waals surface area contributed by atoms with Crippen LogP contribution in [0.4, 0.5) is 4.39 Å². The Hall–Kier alpha value is -4.01. The van der Waals surface area contributed by atoms with Gasteiger partial charge in [0.1, 0.15) is 11.4 Å². The van der Waals surface area contributed by atoms with E-state index in [-0.39, 0.29) is 30.0 Å². The molecule has 0 saturated carbocycles. The Morgan fingerprint density at radius 1 is 1.10 bits per heavy atom. The molecule has 1 aliphatic heterocycles. The minimum Gasteiger partial charge on any atom is -0.328 e. The lowest BCUT2D eigenvalue weighted by Gasteiger charge is -2.14. The molecule has 0 radical (unpaired) electrons. The van der Waals surface area contributed by atoms with Gasteiger partial charge in [-0.3, -0.25) is 19.5 Å². The highest BCUT2D eigenvalue weighted by atomic mass is 19.1. The highest BCUT2D eigenvalue weighted by Gasteiger charge is 2.30. The molecule has 0 aliphatic carbocycles. The molecule has 8 nitrogen and oxygen atoms in total. The lowest BCUT2D eigenvalue weighted by molar-refractivity contribution is 0.0748. The molecule has 0 atom stereocenters. The van der Waals surface area contributed by atoms with E-state index < -0.39 is 11.5 Å². The number of hydrogen-bond donors (Lipinski definition) is 2. The third-order valence-corrected chi connectivity index (χ3v) is 5.21. The Labute approximate surface area is 168 Å². The SMILES string of the molecule is Cc1ccc(C(=O)N2Cc3nc4cc(-c5ccc(F)cc5)[nH]n4c(=O)c3C2)c(=O)[nH]1. The number of carbonyl (C=O) groups excluding carboxylic acids is 1. The molecule has 0 unspecified atom stereocenters. The molecular formula is C21H16FN5O3. The molecule has 0 saturated heterocycles. The van der Waals surface area contributed by atoms with Gasteiger partial charge in [0.15, 0.2) is 5.65 Å². The molecule has 150 valence electrons. The molecule has 5 rings (SSSR count). The average Bonchev–Trinajstić information content (AvgIpc) is 3.33. The van der Waals surface area contributed by atoms with Crippen LogP contribution in [0, 0.1) is 12.7 Å². The molecular weight excluding hydrogens is 389 g/mol. The summed E-state index contributed by atoms with van der Waals surface area (Å²) in [4.78, 5) is 46.4. The third kappa shape index (κ3) is 2.83. The van der Waals surface area contributed by atoms with Crippen molar-refractivity contribution in [3.63, 3.8) is 0 Å². The number of benzene rings is 1. The summed E-state index contributed by atoms with van der Waals surface area (Å²) in [5.74, 6) is -0.796. The van der Waals surface area contributed by atoms with Crippen molar-refractivity contribution in [1.29, 1.82) is 0 Å². The van der Waals surface area contributed by atoms with Gasteiger partial charge in [0.2, 0.25) is 0 Å². The zero-order valence-corrected chi connectivity index (χ0v) is 15.9. The van der Waals surface area contributed by atoms with Crippen molar-refractivity contribution in [2.45, 2.75) is 20.0 Å². The number of nitrogens with one attached hydrogen (secondary N) is 2. The van der Waals surface area contributed by atoms with Gasteiger partial charge in [-0.2, -0.15) is 0 Å². The van der Waals surface area contributed by atoms with Crippen LogP contribution in [-0.2, 0) is 13.1 Å². The number of rotatable bonds is 2. The van der Waals surface area contributed by atoms with E-state index >= 15 is 0 Å². The second-order valence-corrected chi connectivity index (χ2v) is 7.26. The second kappa shape index (κ2) is 6.51. The van der Waals surface area contributed by atoms with E-state index in [2.05, 4.69) is 15.1 Å². The van der Waals surface area contributed by atoms with Gasteiger partial charge in [0.25, 0.3) is 17.0 Å². The zero-order valence-electron chi connectivity index (χ0n) is 15.9. The van der Waals surface area contributed by atoms with E-state index in [0.717, 1.165) is 5.56 Å². The fraction of sp³-hybridized carbons (Fsp3) is 0.143. The molecule has 30 heavy (non-hydrogen) atoms. The summed E-state index contributed by atoms with van der Waals surface area (Å²) in [6.45, 7) is 1.94. The zero-order chi connectivity index (χ0) is 21.0. The van der Waals surface area contributed by atoms with E-state index in [1.54, 1.807) is 31.2 Å². The van der Waals surface area contributed by atoms with Crippen LogP contribution >= 0.6 is 0 Å². The fourth-order valence-electron chi connectivity index (χ4n) is 3.65. The van der Waals surface area contributed by atoms with E-state index in [4.69, 9.17) is 0 Å². The number of H-pyrrole nitrogens is 2. The van der Waals surface area contributed by atoms with Crippen LogP contribution in [0.15, 0.2) is 52.1 Å². The minimum absolute atomic E-state index is 0.0256. The van der Waals surface area contributed by atoms with Crippen LogP contribution in [-0.4, -0.2) is 30.4 Å². The number of pyridine rings is 1. The minimum atomic E-state index is -0.461. The molecule has 0 spiro atoms. The van der Waals surface area contributed by atoms with Crippen LogP contribution in [0.3, 0.4) is 0 Å². The van der Waals surface area contributed by atoms with Crippen LogP contribution < -0.4 is 11.1 Å². The fourth-order valence-corrected chi connectivity index (χ4v) is 3.65. The molecule has 3 aromatic heterocycles. The number of aromatic amines is 2. The number of halogens is 1. The Bertz CT molecular complexity index is 1430. The van der Waals surface area contributed by atoms with Crippen LogP contribution in [0.2, 0.25) is 0 Å².